The molecule has 3 aromatic rings. The van der Waals surface area contributed by atoms with E-state index in [1.54, 1.807) is 0 Å². The lowest BCUT2D eigenvalue weighted by atomic mass is 9.99. The van der Waals surface area contributed by atoms with Crippen LogP contribution in [0.1, 0.15) is 28.5 Å². The summed E-state index contributed by atoms with van der Waals surface area (Å²) in [7, 11) is 0. The highest BCUT2D eigenvalue weighted by Crippen LogP contribution is 2.39. The minimum Gasteiger partial charge on any atom is -0.382 e. The number of alkyl halides is 7. The highest BCUT2D eigenvalue weighted by atomic mass is 19.4. The number of rotatable bonds is 3. The second-order valence-corrected chi connectivity index (χ2v) is 9.68. The number of aromatic nitrogens is 4. The van der Waals surface area contributed by atoms with E-state index in [1.165, 1.54) is 12.3 Å². The normalized spacial score (nSPS) is 21.6. The highest BCUT2D eigenvalue weighted by Gasteiger charge is 2.58. The van der Waals surface area contributed by atoms with Gasteiger partial charge in [0.2, 0.25) is 5.60 Å². The minimum absolute atomic E-state index is 0.0544. The number of carbonyl (C=O) groups is 2. The van der Waals surface area contributed by atoms with Crippen molar-refractivity contribution in [1.29, 1.82) is 0 Å². The summed E-state index contributed by atoms with van der Waals surface area (Å²) < 4.78 is 96.4. The first-order valence-corrected chi connectivity index (χ1v) is 11.7. The zero-order valence-electron chi connectivity index (χ0n) is 20.5. The van der Waals surface area contributed by atoms with Gasteiger partial charge in [0.25, 0.3) is 11.8 Å². The van der Waals surface area contributed by atoms with Crippen molar-refractivity contribution in [2.45, 2.75) is 43.5 Å². The van der Waals surface area contributed by atoms with Crippen LogP contribution in [0.4, 0.5) is 36.6 Å². The molecular weight excluding hydrogens is 555 g/mol. The van der Waals surface area contributed by atoms with Crippen LogP contribution in [0, 0.1) is 0 Å². The molecule has 5 heterocycles. The van der Waals surface area contributed by atoms with Gasteiger partial charge in [-0.25, -0.2) is 13.9 Å². The summed E-state index contributed by atoms with van der Waals surface area (Å²) in [5.41, 5.74) is 0.474. The Balaban J connectivity index is 1.47. The molecule has 0 saturated carbocycles. The van der Waals surface area contributed by atoms with Gasteiger partial charge >= 0.3 is 12.4 Å². The zero-order chi connectivity index (χ0) is 29.4. The average molecular weight is 575 g/mol. The molecule has 0 aliphatic carbocycles. The Morgan fingerprint density at radius 2 is 1.82 bits per heavy atom. The van der Waals surface area contributed by atoms with Crippen molar-refractivity contribution < 1.29 is 45.4 Å². The van der Waals surface area contributed by atoms with Gasteiger partial charge in [-0.05, 0) is 19.1 Å². The number of nitrogens with two attached hydrogens (primary N) is 1. The van der Waals surface area contributed by atoms with Gasteiger partial charge < -0.3 is 20.6 Å². The maximum Gasteiger partial charge on any atom is 0.426 e. The first-order chi connectivity index (χ1) is 18.5. The summed E-state index contributed by atoms with van der Waals surface area (Å²) in [5, 5.41) is 13.6. The van der Waals surface area contributed by atoms with Crippen LogP contribution in [0.2, 0.25) is 0 Å². The molecule has 40 heavy (non-hydrogen) atoms. The van der Waals surface area contributed by atoms with Crippen molar-refractivity contribution in [1.82, 2.24) is 29.4 Å². The standard InChI is InChI=1S/C23H20F7N7O3/c1-21(40,23(28,29)30)20(39)35-7-13(24)16(8-35)36-3-2-14-11(19(36)38)4-10(6-32-14)15-5-12(22(25,26)27)17-18(31)33-9-34-37(15)17/h4-6,9,13,16,40H,2-3,7-8H2,1H3,(H2,31,33,34)/t13-,16+,21+/m0/s1. The molecule has 10 nitrogen and oxygen atoms in total. The number of anilines is 1. The van der Waals surface area contributed by atoms with Gasteiger partial charge in [0, 0.05) is 31.3 Å². The molecule has 17 heteroatoms. The van der Waals surface area contributed by atoms with E-state index in [2.05, 4.69) is 15.1 Å². The SMILES string of the molecule is C[C@@](O)(C(=O)N1C[C@@H](N2CCc3ncc(-c4cc(C(F)(F)F)c5c(N)ncnn45)cc3C2=O)[C@@H](F)C1)C(F)(F)F. The molecular formula is C23H20F7N7O3. The fourth-order valence-electron chi connectivity index (χ4n) is 4.94. The van der Waals surface area contributed by atoms with E-state index in [0.717, 1.165) is 21.8 Å². The zero-order valence-corrected chi connectivity index (χ0v) is 20.5. The smallest absolute Gasteiger partial charge is 0.382 e. The van der Waals surface area contributed by atoms with Crippen LogP contribution in [0.25, 0.3) is 16.8 Å². The van der Waals surface area contributed by atoms with Crippen molar-refractivity contribution >= 4 is 23.1 Å². The topological polar surface area (TPSA) is 130 Å². The van der Waals surface area contributed by atoms with Crippen molar-refractivity contribution in [3.8, 4) is 11.3 Å². The van der Waals surface area contributed by atoms with Gasteiger partial charge in [-0.3, -0.25) is 14.6 Å². The predicted molar refractivity (Wildman–Crippen MR) is 122 cm³/mol. The van der Waals surface area contributed by atoms with Crippen LogP contribution < -0.4 is 5.73 Å². The number of nitrogen functional groups attached to an aromatic ring is 1. The Hall–Kier alpha value is -4.02. The number of pyridine rings is 1. The van der Waals surface area contributed by atoms with Crippen LogP contribution in [0.5, 0.6) is 0 Å². The second kappa shape index (κ2) is 9.00. The molecule has 0 aromatic carbocycles. The fraction of sp³-hybridized carbons (Fsp3) is 0.435. The Kier molecular flexibility index (Phi) is 6.20. The van der Waals surface area contributed by atoms with Crippen LogP contribution >= 0.6 is 0 Å². The average Bonchev–Trinajstić information content (AvgIpc) is 3.45. The van der Waals surface area contributed by atoms with Gasteiger partial charge in [-0.15, -0.1) is 0 Å². The van der Waals surface area contributed by atoms with E-state index in [4.69, 9.17) is 5.73 Å². The molecule has 5 rings (SSSR count). The Bertz CT molecular complexity index is 1520. The fourth-order valence-corrected chi connectivity index (χ4v) is 4.94. The third kappa shape index (κ3) is 4.28. The number of nitrogens with zero attached hydrogens (tertiary/aromatic N) is 6. The number of fused-ring (bicyclic) bond motifs is 2. The first-order valence-electron chi connectivity index (χ1n) is 11.7. The molecule has 1 saturated heterocycles. The van der Waals surface area contributed by atoms with Crippen LogP contribution in [-0.2, 0) is 17.4 Å². The number of hydrogen-bond acceptors (Lipinski definition) is 7. The summed E-state index contributed by atoms with van der Waals surface area (Å²) in [6.45, 7) is -1.19. The number of likely N-dealkylation sites (tertiary alicyclic amines) is 1. The summed E-state index contributed by atoms with van der Waals surface area (Å²) in [4.78, 5) is 35.1. The third-order valence-electron chi connectivity index (χ3n) is 7.11. The number of hydrogen-bond donors (Lipinski definition) is 2. The molecule has 0 bridgehead atoms. The maximum absolute atomic E-state index is 15.0. The van der Waals surface area contributed by atoms with E-state index in [9.17, 15) is 45.4 Å². The van der Waals surface area contributed by atoms with Gasteiger partial charge in [-0.1, -0.05) is 0 Å². The molecule has 1 fully saturated rings. The van der Waals surface area contributed by atoms with Crippen molar-refractivity contribution in [2.75, 3.05) is 25.4 Å². The molecule has 2 aliphatic rings. The lowest BCUT2D eigenvalue weighted by molar-refractivity contribution is -0.249. The summed E-state index contributed by atoms with van der Waals surface area (Å²) in [6, 6.07) is 0.714. The Labute approximate surface area is 220 Å². The van der Waals surface area contributed by atoms with Crippen LogP contribution in [0.15, 0.2) is 24.7 Å². The molecule has 3 aromatic heterocycles. The summed E-state index contributed by atoms with van der Waals surface area (Å²) >= 11 is 0. The van der Waals surface area contributed by atoms with Crippen LogP contribution in [-0.4, -0.2) is 89.9 Å². The first kappa shape index (κ1) is 27.5. The molecule has 0 spiro atoms. The van der Waals surface area contributed by atoms with Crippen molar-refractivity contribution in [3.63, 3.8) is 0 Å². The minimum atomic E-state index is -5.31. The molecule has 2 amide bonds. The predicted octanol–water partition coefficient (Wildman–Crippen LogP) is 2.25. The van der Waals surface area contributed by atoms with E-state index < -0.39 is 72.0 Å². The molecule has 2 aliphatic heterocycles. The monoisotopic (exact) mass is 575 g/mol. The van der Waals surface area contributed by atoms with Crippen molar-refractivity contribution in [2.24, 2.45) is 0 Å². The van der Waals surface area contributed by atoms with Gasteiger partial charge in [0.1, 0.15) is 18.0 Å². The molecule has 214 valence electrons. The second-order valence-electron chi connectivity index (χ2n) is 9.68. The molecule has 0 radical (unpaired) electrons. The third-order valence-corrected chi connectivity index (χ3v) is 7.11. The number of aliphatic hydroxyl groups is 1. The maximum atomic E-state index is 15.0. The van der Waals surface area contributed by atoms with E-state index in [1.807, 2.05) is 0 Å². The summed E-state index contributed by atoms with van der Waals surface area (Å²) in [5.74, 6) is -2.95. The van der Waals surface area contributed by atoms with Gasteiger partial charge in [0.05, 0.1) is 35.1 Å². The van der Waals surface area contributed by atoms with Gasteiger partial charge in [-0.2, -0.15) is 31.4 Å². The van der Waals surface area contributed by atoms with Gasteiger partial charge in [0.15, 0.2) is 5.82 Å². The lowest BCUT2D eigenvalue weighted by Crippen LogP contribution is -2.56. The van der Waals surface area contributed by atoms with E-state index in [0.29, 0.717) is 4.90 Å². The number of carbonyl (C=O) groups excluding carboxylic acids is 2. The number of halogens is 7. The van der Waals surface area contributed by atoms with Crippen molar-refractivity contribution in [3.05, 3.63) is 41.5 Å². The quantitative estimate of drug-likeness (QED) is 0.459. The lowest BCUT2D eigenvalue weighted by Gasteiger charge is -2.34. The Morgan fingerprint density at radius 1 is 1.12 bits per heavy atom. The highest BCUT2D eigenvalue weighted by molar-refractivity contribution is 5.98. The van der Waals surface area contributed by atoms with Crippen LogP contribution in [0.3, 0.4) is 0 Å². The van der Waals surface area contributed by atoms with E-state index >= 15 is 0 Å². The summed E-state index contributed by atoms with van der Waals surface area (Å²) in [6.07, 6.45) is -9.73. The molecule has 0 unspecified atom stereocenters. The molecule has 3 atom stereocenters. The Morgan fingerprint density at radius 3 is 2.48 bits per heavy atom. The van der Waals surface area contributed by atoms with E-state index in [-0.39, 0.29) is 42.4 Å². The molecule has 3 N–H and O–H groups in total. The largest absolute Gasteiger partial charge is 0.426 e. The number of amides is 2.